The van der Waals surface area contributed by atoms with Crippen LogP contribution in [0.1, 0.15) is 22.1 Å². The molecule has 20 heavy (non-hydrogen) atoms. The number of aromatic nitrogens is 3. The lowest BCUT2D eigenvalue weighted by molar-refractivity contribution is -0.117. The molecular formula is C12H13N5O3. The number of rotatable bonds is 4. The van der Waals surface area contributed by atoms with E-state index in [1.807, 2.05) is 0 Å². The molecule has 0 saturated heterocycles. The molecule has 0 fully saturated rings. The molecule has 0 aliphatic heterocycles. The first-order valence-corrected chi connectivity index (χ1v) is 5.71. The third-order valence-corrected chi connectivity index (χ3v) is 2.62. The van der Waals surface area contributed by atoms with Crippen LogP contribution in [0.5, 0.6) is 0 Å². The van der Waals surface area contributed by atoms with E-state index >= 15 is 0 Å². The van der Waals surface area contributed by atoms with E-state index in [4.69, 9.17) is 10.8 Å². The van der Waals surface area contributed by atoms with Crippen molar-refractivity contribution in [2.24, 2.45) is 12.8 Å². The predicted octanol–water partition coefficient (Wildman–Crippen LogP) is 0.152. The van der Waals surface area contributed by atoms with Gasteiger partial charge in [0, 0.05) is 18.8 Å². The number of pyridine rings is 1. The number of aromatic carboxylic acids is 1. The first-order chi connectivity index (χ1) is 9.47. The third-order valence-electron chi connectivity index (χ3n) is 2.62. The van der Waals surface area contributed by atoms with Crippen molar-refractivity contribution >= 4 is 17.6 Å². The van der Waals surface area contributed by atoms with Gasteiger partial charge in [-0.3, -0.25) is 9.48 Å². The van der Waals surface area contributed by atoms with Crippen LogP contribution in [0, 0.1) is 0 Å². The molecule has 1 atom stereocenters. The van der Waals surface area contributed by atoms with Crippen LogP contribution in [-0.2, 0) is 11.8 Å². The second-order valence-corrected chi connectivity index (χ2v) is 4.15. The molecule has 104 valence electrons. The summed E-state index contributed by atoms with van der Waals surface area (Å²) >= 11 is 0. The average molecular weight is 275 g/mol. The Bertz CT molecular complexity index is 635. The van der Waals surface area contributed by atoms with Crippen LogP contribution in [0.2, 0.25) is 0 Å². The number of nitrogens with one attached hydrogen (secondary N) is 1. The summed E-state index contributed by atoms with van der Waals surface area (Å²) in [5.74, 6) is -1.56. The second-order valence-electron chi connectivity index (χ2n) is 4.15. The highest BCUT2D eigenvalue weighted by molar-refractivity contribution is 5.95. The number of carboxylic acid groups (broad SMARTS) is 1. The standard InChI is InChI=1S/C12H13N5O3/c1-17-6-7(4-15-17)10(13)11(18)16-8-2-3-9(12(19)20)14-5-8/h2-6,10H,13H2,1H3,(H,16,18)(H,19,20). The van der Waals surface area contributed by atoms with Gasteiger partial charge in [0.05, 0.1) is 18.1 Å². The fourth-order valence-electron chi connectivity index (χ4n) is 1.57. The van der Waals surface area contributed by atoms with Crippen LogP contribution in [0.3, 0.4) is 0 Å². The number of anilines is 1. The molecule has 8 heteroatoms. The Morgan fingerprint density at radius 1 is 1.40 bits per heavy atom. The smallest absolute Gasteiger partial charge is 0.354 e. The van der Waals surface area contributed by atoms with Gasteiger partial charge < -0.3 is 16.2 Å². The molecule has 2 aromatic heterocycles. The number of hydrogen-bond acceptors (Lipinski definition) is 5. The van der Waals surface area contributed by atoms with Crippen LogP contribution < -0.4 is 11.1 Å². The minimum atomic E-state index is -1.13. The lowest BCUT2D eigenvalue weighted by Gasteiger charge is -2.10. The molecule has 2 aromatic rings. The van der Waals surface area contributed by atoms with E-state index in [1.165, 1.54) is 24.5 Å². The van der Waals surface area contributed by atoms with Gasteiger partial charge in [-0.15, -0.1) is 0 Å². The Morgan fingerprint density at radius 3 is 2.65 bits per heavy atom. The molecule has 0 aromatic carbocycles. The van der Waals surface area contributed by atoms with Gasteiger partial charge in [0.2, 0.25) is 5.91 Å². The van der Waals surface area contributed by atoms with Gasteiger partial charge in [0.1, 0.15) is 11.7 Å². The zero-order chi connectivity index (χ0) is 14.7. The summed E-state index contributed by atoms with van der Waals surface area (Å²) in [4.78, 5) is 26.3. The minimum absolute atomic E-state index is 0.0976. The third kappa shape index (κ3) is 2.98. The van der Waals surface area contributed by atoms with E-state index in [9.17, 15) is 9.59 Å². The summed E-state index contributed by atoms with van der Waals surface area (Å²) in [6.07, 6.45) is 4.42. The Morgan fingerprint density at radius 2 is 2.15 bits per heavy atom. The number of aryl methyl sites for hydroxylation is 1. The molecule has 0 aliphatic carbocycles. The molecule has 0 spiro atoms. The molecule has 0 bridgehead atoms. The first kappa shape index (κ1) is 13.7. The molecule has 2 heterocycles. The van der Waals surface area contributed by atoms with Crippen LogP contribution >= 0.6 is 0 Å². The van der Waals surface area contributed by atoms with E-state index in [1.54, 1.807) is 17.9 Å². The Labute approximate surface area is 114 Å². The van der Waals surface area contributed by atoms with Gasteiger partial charge in [-0.1, -0.05) is 0 Å². The number of carbonyl (C=O) groups excluding carboxylic acids is 1. The number of nitrogens with two attached hydrogens (primary N) is 1. The maximum Gasteiger partial charge on any atom is 0.354 e. The highest BCUT2D eigenvalue weighted by Gasteiger charge is 2.17. The fraction of sp³-hybridized carbons (Fsp3) is 0.167. The Hall–Kier alpha value is -2.74. The second kappa shape index (κ2) is 5.49. The topological polar surface area (TPSA) is 123 Å². The minimum Gasteiger partial charge on any atom is -0.477 e. The zero-order valence-corrected chi connectivity index (χ0v) is 10.6. The van der Waals surface area contributed by atoms with Crippen molar-refractivity contribution in [3.05, 3.63) is 42.0 Å². The average Bonchev–Trinajstić information content (AvgIpc) is 2.85. The molecule has 8 nitrogen and oxygen atoms in total. The summed E-state index contributed by atoms with van der Waals surface area (Å²) in [5, 5.41) is 15.2. The molecule has 0 radical (unpaired) electrons. The van der Waals surface area contributed by atoms with Crippen molar-refractivity contribution in [2.75, 3.05) is 5.32 Å². The highest BCUT2D eigenvalue weighted by Crippen LogP contribution is 2.13. The Balaban J connectivity index is 2.05. The summed E-state index contributed by atoms with van der Waals surface area (Å²) in [6.45, 7) is 0. The monoisotopic (exact) mass is 275 g/mol. The van der Waals surface area contributed by atoms with Crippen molar-refractivity contribution in [1.29, 1.82) is 0 Å². The Kier molecular flexibility index (Phi) is 3.76. The molecule has 4 N–H and O–H groups in total. The molecular weight excluding hydrogens is 262 g/mol. The number of carboxylic acids is 1. The maximum absolute atomic E-state index is 11.9. The molecule has 2 rings (SSSR count). The van der Waals surface area contributed by atoms with Crippen LogP contribution in [0.4, 0.5) is 5.69 Å². The summed E-state index contributed by atoms with van der Waals surface area (Å²) in [6, 6.07) is 1.89. The van der Waals surface area contributed by atoms with Crippen molar-refractivity contribution in [2.45, 2.75) is 6.04 Å². The maximum atomic E-state index is 11.9. The largest absolute Gasteiger partial charge is 0.477 e. The van der Waals surface area contributed by atoms with Crippen molar-refractivity contribution in [3.63, 3.8) is 0 Å². The van der Waals surface area contributed by atoms with Gasteiger partial charge >= 0.3 is 5.97 Å². The molecule has 1 unspecified atom stereocenters. The number of amides is 1. The van der Waals surface area contributed by atoms with Crippen LogP contribution in [0.25, 0.3) is 0 Å². The number of nitrogens with zero attached hydrogens (tertiary/aromatic N) is 3. The SMILES string of the molecule is Cn1cc(C(N)C(=O)Nc2ccc(C(=O)O)nc2)cn1. The summed E-state index contributed by atoms with van der Waals surface area (Å²) in [7, 11) is 1.72. The van der Waals surface area contributed by atoms with Gasteiger partial charge in [0.15, 0.2) is 0 Å². The van der Waals surface area contributed by atoms with Crippen molar-refractivity contribution < 1.29 is 14.7 Å². The van der Waals surface area contributed by atoms with Crippen LogP contribution in [0.15, 0.2) is 30.7 Å². The van der Waals surface area contributed by atoms with Gasteiger partial charge in [0.25, 0.3) is 0 Å². The molecule has 1 amide bonds. The zero-order valence-electron chi connectivity index (χ0n) is 10.6. The number of carbonyl (C=O) groups is 2. The van der Waals surface area contributed by atoms with E-state index in [0.717, 1.165) is 0 Å². The fourth-order valence-corrected chi connectivity index (χ4v) is 1.57. The van der Waals surface area contributed by atoms with E-state index in [-0.39, 0.29) is 5.69 Å². The predicted molar refractivity (Wildman–Crippen MR) is 70.0 cm³/mol. The molecule has 0 saturated carbocycles. The lowest BCUT2D eigenvalue weighted by atomic mass is 10.1. The summed E-state index contributed by atoms with van der Waals surface area (Å²) in [5.41, 5.74) is 6.66. The lowest BCUT2D eigenvalue weighted by Crippen LogP contribution is -2.27. The van der Waals surface area contributed by atoms with Crippen molar-refractivity contribution in [3.8, 4) is 0 Å². The highest BCUT2D eigenvalue weighted by atomic mass is 16.4. The molecule has 0 aliphatic rings. The van der Waals surface area contributed by atoms with E-state index < -0.39 is 17.9 Å². The van der Waals surface area contributed by atoms with Gasteiger partial charge in [-0.25, -0.2) is 9.78 Å². The van der Waals surface area contributed by atoms with E-state index in [2.05, 4.69) is 15.4 Å². The van der Waals surface area contributed by atoms with Gasteiger partial charge in [-0.05, 0) is 12.1 Å². The normalized spacial score (nSPS) is 11.9. The van der Waals surface area contributed by atoms with E-state index in [0.29, 0.717) is 11.3 Å². The number of hydrogen-bond donors (Lipinski definition) is 3. The first-order valence-electron chi connectivity index (χ1n) is 5.71. The summed E-state index contributed by atoms with van der Waals surface area (Å²) < 4.78 is 1.55. The van der Waals surface area contributed by atoms with Crippen LogP contribution in [-0.4, -0.2) is 31.7 Å². The van der Waals surface area contributed by atoms with Crippen molar-refractivity contribution in [1.82, 2.24) is 14.8 Å². The quantitative estimate of drug-likeness (QED) is 0.730. The van der Waals surface area contributed by atoms with Gasteiger partial charge in [-0.2, -0.15) is 5.10 Å².